The number of hydrogen-bond acceptors (Lipinski definition) is 0. The quantitative estimate of drug-likeness (QED) is 0.396. The Labute approximate surface area is 188 Å². The van der Waals surface area contributed by atoms with Crippen LogP contribution in [-0.4, -0.2) is 0 Å². The Morgan fingerprint density at radius 2 is 0.955 bits per heavy atom. The summed E-state index contributed by atoms with van der Waals surface area (Å²) in [5.74, 6) is 0. The monoisotopic (exact) mass is 492 g/mol. The van der Waals surface area contributed by atoms with Crippen LogP contribution in [0.4, 0.5) is 0 Å². The Kier molecular flexibility index (Phi) is 19.2. The molecule has 0 saturated heterocycles. The fourth-order valence-electron chi connectivity index (χ4n) is 1.84. The Morgan fingerprint density at radius 1 is 0.682 bits per heavy atom. The summed E-state index contributed by atoms with van der Waals surface area (Å²) in [7, 11) is 0. The van der Waals surface area contributed by atoms with E-state index >= 15 is 0 Å². The molecule has 0 aromatic heterocycles. The molecule has 2 aliphatic rings. The Morgan fingerprint density at radius 3 is 1.05 bits per heavy atom. The summed E-state index contributed by atoms with van der Waals surface area (Å²) in [6.07, 6.45) is 17.3. The molecule has 120 valence electrons. The minimum absolute atomic E-state index is 0. The Hall–Kier alpha value is 1.31. The second-order valence-electron chi connectivity index (χ2n) is 6.89. The minimum Gasteiger partial charge on any atom is -1.00 e. The molecular formula is C18H26Cl2Zr2. The summed E-state index contributed by atoms with van der Waals surface area (Å²) in [6, 6.07) is 0. The summed E-state index contributed by atoms with van der Waals surface area (Å²) in [4.78, 5) is 0. The standard InChI is InChI=1S/2C9H13.2ClH.2Zr/c2*1-9(2,3)8-6-4-5-7-8;;;;/h2*4,6H,5H2,1-3H3;2*1H;;/q2*-1;;;2*+2/p-2. The first-order chi connectivity index (χ1) is 8.21. The third-order valence-electron chi connectivity index (χ3n) is 3.01. The van der Waals surface area contributed by atoms with E-state index in [9.17, 15) is 0 Å². The predicted molar refractivity (Wildman–Crippen MR) is 79.9 cm³/mol. The van der Waals surface area contributed by atoms with Crippen molar-refractivity contribution in [2.45, 2.75) is 54.4 Å². The van der Waals surface area contributed by atoms with Gasteiger partial charge in [-0.05, 0) is 10.8 Å². The van der Waals surface area contributed by atoms with Crippen LogP contribution in [0.5, 0.6) is 0 Å². The Balaban J connectivity index is -0.000000125. The van der Waals surface area contributed by atoms with Gasteiger partial charge in [-0.15, -0.1) is 12.8 Å². The van der Waals surface area contributed by atoms with Gasteiger partial charge in [0.15, 0.2) is 0 Å². The molecule has 0 radical (unpaired) electrons. The molecule has 0 amide bonds. The predicted octanol–water partition coefficient (Wildman–Crippen LogP) is -0.553. The average Bonchev–Trinajstić information content (AvgIpc) is 2.91. The molecule has 0 nitrogen and oxygen atoms in total. The zero-order chi connectivity index (χ0) is 13.8. The molecular weight excluding hydrogens is 470 g/mol. The molecule has 0 aliphatic heterocycles. The molecule has 2 aliphatic carbocycles. The third-order valence-corrected chi connectivity index (χ3v) is 3.01. The van der Waals surface area contributed by atoms with Crippen LogP contribution in [0.2, 0.25) is 0 Å². The van der Waals surface area contributed by atoms with Crippen LogP contribution in [0.15, 0.2) is 35.5 Å². The molecule has 0 N–H and O–H groups in total. The van der Waals surface area contributed by atoms with Crippen molar-refractivity contribution in [2.24, 2.45) is 10.8 Å². The van der Waals surface area contributed by atoms with Gasteiger partial charge in [-0.1, -0.05) is 41.5 Å². The number of halogens is 2. The van der Waals surface area contributed by atoms with Gasteiger partial charge >= 0.3 is 52.4 Å². The van der Waals surface area contributed by atoms with Gasteiger partial charge in [0.1, 0.15) is 0 Å². The second-order valence-corrected chi connectivity index (χ2v) is 6.89. The normalized spacial score (nSPS) is 15.0. The summed E-state index contributed by atoms with van der Waals surface area (Å²) >= 11 is 0. The molecule has 0 unspecified atom stereocenters. The number of rotatable bonds is 0. The van der Waals surface area contributed by atoms with Gasteiger partial charge in [0.05, 0.1) is 0 Å². The van der Waals surface area contributed by atoms with E-state index in [0.717, 1.165) is 12.8 Å². The van der Waals surface area contributed by atoms with Crippen molar-refractivity contribution in [2.75, 3.05) is 0 Å². The zero-order valence-corrected chi connectivity index (χ0v) is 20.9. The topological polar surface area (TPSA) is 0 Å². The molecule has 0 fully saturated rings. The maximum absolute atomic E-state index is 3.30. The summed E-state index contributed by atoms with van der Waals surface area (Å²) < 4.78 is 0. The van der Waals surface area contributed by atoms with Crippen LogP contribution in [0.3, 0.4) is 0 Å². The molecule has 0 saturated carbocycles. The van der Waals surface area contributed by atoms with Crippen LogP contribution in [-0.2, 0) is 52.4 Å². The van der Waals surface area contributed by atoms with E-state index in [0.29, 0.717) is 10.8 Å². The van der Waals surface area contributed by atoms with E-state index in [-0.39, 0.29) is 77.2 Å². The minimum atomic E-state index is 0. The SMILES string of the molecule is CC(C)(C)C1=[C-]CC=C1.CC(C)(C)C1=[C-]CC=C1.[Cl-].[Cl-].[Zr+2].[Zr+2]. The molecule has 0 bridgehead atoms. The zero-order valence-electron chi connectivity index (χ0n) is 14.5. The summed E-state index contributed by atoms with van der Waals surface area (Å²) in [5.41, 5.74) is 3.30. The van der Waals surface area contributed by atoms with E-state index in [2.05, 4.69) is 78.0 Å². The fourth-order valence-corrected chi connectivity index (χ4v) is 1.84. The maximum Gasteiger partial charge on any atom is 2.00 e. The first kappa shape index (κ1) is 31.1. The van der Waals surface area contributed by atoms with E-state index in [1.165, 1.54) is 11.1 Å². The van der Waals surface area contributed by atoms with Crippen molar-refractivity contribution in [1.29, 1.82) is 0 Å². The van der Waals surface area contributed by atoms with Gasteiger partial charge in [0, 0.05) is 0 Å². The van der Waals surface area contributed by atoms with Crippen LogP contribution >= 0.6 is 0 Å². The molecule has 0 spiro atoms. The average molecular weight is 496 g/mol. The van der Waals surface area contributed by atoms with Crippen molar-refractivity contribution in [3.8, 4) is 0 Å². The first-order valence-electron chi connectivity index (χ1n) is 6.77. The van der Waals surface area contributed by atoms with Crippen molar-refractivity contribution in [3.63, 3.8) is 0 Å². The van der Waals surface area contributed by atoms with E-state index in [1.807, 2.05) is 0 Å². The van der Waals surface area contributed by atoms with Crippen molar-refractivity contribution >= 4 is 0 Å². The molecule has 2 rings (SSSR count). The molecule has 22 heavy (non-hydrogen) atoms. The van der Waals surface area contributed by atoms with E-state index in [1.54, 1.807) is 0 Å². The molecule has 0 aromatic carbocycles. The van der Waals surface area contributed by atoms with Crippen LogP contribution < -0.4 is 24.8 Å². The first-order valence-corrected chi connectivity index (χ1v) is 6.77. The molecule has 0 aromatic rings. The second kappa shape index (κ2) is 13.6. The van der Waals surface area contributed by atoms with Crippen LogP contribution in [0.25, 0.3) is 0 Å². The van der Waals surface area contributed by atoms with Crippen molar-refractivity contribution in [1.82, 2.24) is 0 Å². The maximum atomic E-state index is 3.30. The molecule has 0 heterocycles. The van der Waals surface area contributed by atoms with Gasteiger partial charge in [0.25, 0.3) is 0 Å². The largest absolute Gasteiger partial charge is 2.00 e. The molecule has 4 heteroatoms. The van der Waals surface area contributed by atoms with Gasteiger partial charge in [-0.3, -0.25) is 12.2 Å². The fraction of sp³-hybridized carbons (Fsp3) is 0.556. The van der Waals surface area contributed by atoms with E-state index in [4.69, 9.17) is 0 Å². The number of hydrogen-bond donors (Lipinski definition) is 0. The smallest absolute Gasteiger partial charge is 1.00 e. The van der Waals surface area contributed by atoms with Crippen molar-refractivity contribution in [3.05, 3.63) is 47.6 Å². The van der Waals surface area contributed by atoms with Gasteiger partial charge < -0.3 is 24.8 Å². The Bertz CT molecular complexity index is 366. The van der Waals surface area contributed by atoms with E-state index < -0.39 is 0 Å². The van der Waals surface area contributed by atoms with Crippen LogP contribution in [0.1, 0.15) is 54.4 Å². The van der Waals surface area contributed by atoms with Gasteiger partial charge in [-0.2, -0.15) is 12.2 Å². The summed E-state index contributed by atoms with van der Waals surface area (Å²) in [6.45, 7) is 13.3. The number of allylic oxidation sites excluding steroid dienone is 8. The van der Waals surface area contributed by atoms with Crippen molar-refractivity contribution < 1.29 is 77.2 Å². The summed E-state index contributed by atoms with van der Waals surface area (Å²) in [5, 5.41) is 0. The van der Waals surface area contributed by atoms with Gasteiger partial charge in [0.2, 0.25) is 0 Å². The molecule has 0 atom stereocenters. The third kappa shape index (κ3) is 11.8. The van der Waals surface area contributed by atoms with Crippen LogP contribution in [0, 0.1) is 23.0 Å². The van der Waals surface area contributed by atoms with Gasteiger partial charge in [-0.25, -0.2) is 23.3 Å².